The molecule has 0 saturated heterocycles. The number of methoxy groups -OCH3 is 1. The number of nitriles is 1. The highest BCUT2D eigenvalue weighted by molar-refractivity contribution is 7.13. The molecule has 0 aliphatic heterocycles. The molecule has 0 aliphatic carbocycles. The van der Waals surface area contributed by atoms with Crippen molar-refractivity contribution in [2.45, 2.75) is 13.0 Å². The van der Waals surface area contributed by atoms with Crippen molar-refractivity contribution in [1.82, 2.24) is 4.57 Å². The number of carbonyl (C=O) groups is 1. The fourth-order valence-electron chi connectivity index (χ4n) is 3.38. The number of carbonyl (C=O) groups excluding carboxylic acids is 1. The highest BCUT2D eigenvalue weighted by Gasteiger charge is 2.23. The number of benzene rings is 1. The van der Waals surface area contributed by atoms with Crippen LogP contribution in [0.2, 0.25) is 0 Å². The predicted molar refractivity (Wildman–Crippen MR) is 110 cm³/mol. The molecule has 0 fully saturated rings. The van der Waals surface area contributed by atoms with Gasteiger partial charge >= 0.3 is 5.97 Å². The molecule has 0 spiro atoms. The first-order valence-electron chi connectivity index (χ1n) is 8.44. The van der Waals surface area contributed by atoms with Crippen molar-refractivity contribution in [2.24, 2.45) is 0 Å². The molecule has 1 aromatic carbocycles. The van der Waals surface area contributed by atoms with Crippen molar-refractivity contribution in [1.29, 1.82) is 5.26 Å². The van der Waals surface area contributed by atoms with E-state index in [1.165, 1.54) is 18.4 Å². The molecule has 0 amide bonds. The van der Waals surface area contributed by atoms with Crippen LogP contribution in [0.3, 0.4) is 0 Å². The minimum atomic E-state index is -0.236. The van der Waals surface area contributed by atoms with Crippen LogP contribution in [-0.2, 0) is 16.1 Å². The Morgan fingerprint density at radius 1 is 1.15 bits per heavy atom. The third-order valence-corrected chi connectivity index (χ3v) is 6.22. The second kappa shape index (κ2) is 7.39. The standard InChI is InChI=1S/C21H16N2O2S2/c1-25-19(24)8-10-23-16-6-3-2-5-14(16)20(15-9-12-27-18(15)13-22)21(23)17-7-4-11-26-17/h2-7,9,11-12H,8,10H2,1H3. The van der Waals surface area contributed by atoms with Crippen LogP contribution in [0.25, 0.3) is 32.6 Å². The summed E-state index contributed by atoms with van der Waals surface area (Å²) in [6.07, 6.45) is 0.293. The van der Waals surface area contributed by atoms with Gasteiger partial charge in [-0.05, 0) is 29.0 Å². The van der Waals surface area contributed by atoms with E-state index in [9.17, 15) is 10.1 Å². The highest BCUT2D eigenvalue weighted by Crippen LogP contribution is 2.44. The van der Waals surface area contributed by atoms with Gasteiger partial charge in [0, 0.05) is 28.6 Å². The van der Waals surface area contributed by atoms with E-state index in [1.54, 1.807) is 11.3 Å². The van der Waals surface area contributed by atoms with Gasteiger partial charge < -0.3 is 9.30 Å². The molecule has 134 valence electrons. The Bertz CT molecular complexity index is 1150. The Hall–Kier alpha value is -2.88. The molecule has 0 bridgehead atoms. The topological polar surface area (TPSA) is 55.0 Å². The minimum Gasteiger partial charge on any atom is -0.469 e. The summed E-state index contributed by atoms with van der Waals surface area (Å²) in [5.41, 5.74) is 4.09. The fraction of sp³-hybridized carbons (Fsp3) is 0.143. The molecular formula is C21H16N2O2S2. The number of hydrogen-bond donors (Lipinski definition) is 0. The second-order valence-corrected chi connectivity index (χ2v) is 7.83. The van der Waals surface area contributed by atoms with Crippen LogP contribution in [0.4, 0.5) is 0 Å². The Kier molecular flexibility index (Phi) is 4.80. The predicted octanol–water partition coefficient (Wildman–Crippen LogP) is 5.53. The summed E-state index contributed by atoms with van der Waals surface area (Å²) in [6, 6.07) is 16.6. The quantitative estimate of drug-likeness (QED) is 0.419. The first kappa shape index (κ1) is 17.5. The number of aryl methyl sites for hydroxylation is 1. The van der Waals surface area contributed by atoms with Gasteiger partial charge in [0.05, 0.1) is 24.1 Å². The number of aromatic nitrogens is 1. The van der Waals surface area contributed by atoms with Gasteiger partial charge in [-0.3, -0.25) is 4.79 Å². The molecule has 4 aromatic rings. The van der Waals surface area contributed by atoms with Crippen molar-refractivity contribution in [3.8, 4) is 27.8 Å². The average Bonchev–Trinajstić information content (AvgIpc) is 3.43. The number of thiophene rings is 2. The molecule has 4 rings (SSSR count). The van der Waals surface area contributed by atoms with Crippen LogP contribution in [-0.4, -0.2) is 17.6 Å². The molecule has 0 unspecified atom stereocenters. The molecule has 0 aliphatic rings. The van der Waals surface area contributed by atoms with Gasteiger partial charge in [-0.15, -0.1) is 22.7 Å². The molecule has 0 N–H and O–H groups in total. The average molecular weight is 393 g/mol. The summed E-state index contributed by atoms with van der Waals surface area (Å²) in [4.78, 5) is 13.6. The monoisotopic (exact) mass is 392 g/mol. The van der Waals surface area contributed by atoms with Crippen LogP contribution in [0.15, 0.2) is 53.2 Å². The molecule has 27 heavy (non-hydrogen) atoms. The highest BCUT2D eigenvalue weighted by atomic mass is 32.1. The van der Waals surface area contributed by atoms with Crippen molar-refractivity contribution in [3.63, 3.8) is 0 Å². The van der Waals surface area contributed by atoms with Gasteiger partial charge in [-0.1, -0.05) is 24.3 Å². The number of nitrogens with zero attached hydrogens (tertiary/aromatic N) is 2. The molecule has 3 heterocycles. The maximum absolute atomic E-state index is 11.8. The third-order valence-electron chi connectivity index (χ3n) is 4.53. The number of ether oxygens (including phenoxy) is 1. The Morgan fingerprint density at radius 2 is 2.00 bits per heavy atom. The Morgan fingerprint density at radius 3 is 2.74 bits per heavy atom. The number of esters is 1. The largest absolute Gasteiger partial charge is 0.469 e. The van der Waals surface area contributed by atoms with E-state index in [-0.39, 0.29) is 5.97 Å². The van der Waals surface area contributed by atoms with Crippen LogP contribution in [0.1, 0.15) is 11.3 Å². The van der Waals surface area contributed by atoms with Crippen LogP contribution >= 0.6 is 22.7 Å². The van der Waals surface area contributed by atoms with Gasteiger partial charge in [-0.2, -0.15) is 5.26 Å². The minimum absolute atomic E-state index is 0.236. The van der Waals surface area contributed by atoms with E-state index < -0.39 is 0 Å². The van der Waals surface area contributed by atoms with E-state index >= 15 is 0 Å². The normalized spacial score (nSPS) is 10.8. The lowest BCUT2D eigenvalue weighted by Gasteiger charge is -2.10. The van der Waals surface area contributed by atoms with Crippen LogP contribution < -0.4 is 0 Å². The number of para-hydroxylation sites is 1. The Balaban J connectivity index is 2.03. The van der Waals surface area contributed by atoms with Gasteiger partial charge in [0.15, 0.2) is 0 Å². The molecular weight excluding hydrogens is 376 g/mol. The van der Waals surface area contributed by atoms with Crippen LogP contribution in [0, 0.1) is 11.3 Å². The van der Waals surface area contributed by atoms with Gasteiger partial charge in [0.25, 0.3) is 0 Å². The molecule has 6 heteroatoms. The lowest BCUT2D eigenvalue weighted by atomic mass is 10.0. The van der Waals surface area contributed by atoms with Crippen molar-refractivity contribution < 1.29 is 9.53 Å². The summed E-state index contributed by atoms with van der Waals surface area (Å²) < 4.78 is 7.01. The van der Waals surface area contributed by atoms with E-state index in [0.717, 1.165) is 32.6 Å². The lowest BCUT2D eigenvalue weighted by Crippen LogP contribution is -2.07. The fourth-order valence-corrected chi connectivity index (χ4v) is 4.85. The first-order chi connectivity index (χ1) is 13.2. The maximum Gasteiger partial charge on any atom is 0.307 e. The smallest absolute Gasteiger partial charge is 0.307 e. The van der Waals surface area contributed by atoms with E-state index in [4.69, 9.17) is 4.74 Å². The van der Waals surface area contributed by atoms with Crippen molar-refractivity contribution in [2.75, 3.05) is 7.11 Å². The number of hydrogen-bond acceptors (Lipinski definition) is 5. The summed E-state index contributed by atoms with van der Waals surface area (Å²) in [6.45, 7) is 0.520. The van der Waals surface area contributed by atoms with E-state index in [1.807, 2.05) is 35.0 Å². The van der Waals surface area contributed by atoms with Crippen LogP contribution in [0.5, 0.6) is 0 Å². The maximum atomic E-state index is 11.8. The first-order valence-corrected chi connectivity index (χ1v) is 10.2. The zero-order valence-corrected chi connectivity index (χ0v) is 16.3. The van der Waals surface area contributed by atoms with E-state index in [0.29, 0.717) is 17.8 Å². The summed E-state index contributed by atoms with van der Waals surface area (Å²) in [5, 5.41) is 14.6. The Labute approximate surface area is 164 Å². The molecule has 3 aromatic heterocycles. The van der Waals surface area contributed by atoms with E-state index in [2.05, 4.69) is 28.8 Å². The van der Waals surface area contributed by atoms with Gasteiger partial charge in [0.1, 0.15) is 10.9 Å². The molecule has 0 saturated carbocycles. The summed E-state index contributed by atoms with van der Waals surface area (Å²) >= 11 is 3.10. The second-order valence-electron chi connectivity index (χ2n) is 5.97. The van der Waals surface area contributed by atoms with Crippen molar-refractivity contribution in [3.05, 3.63) is 58.1 Å². The molecule has 0 atom stereocenters. The van der Waals surface area contributed by atoms with Gasteiger partial charge in [-0.25, -0.2) is 0 Å². The zero-order valence-electron chi connectivity index (χ0n) is 14.6. The number of rotatable bonds is 5. The molecule has 0 radical (unpaired) electrons. The van der Waals surface area contributed by atoms with Crippen molar-refractivity contribution >= 4 is 39.5 Å². The number of fused-ring (bicyclic) bond motifs is 1. The zero-order chi connectivity index (χ0) is 18.8. The van der Waals surface area contributed by atoms with Gasteiger partial charge in [0.2, 0.25) is 0 Å². The SMILES string of the molecule is COC(=O)CCn1c(-c2cccs2)c(-c2ccsc2C#N)c2ccccc21. The lowest BCUT2D eigenvalue weighted by molar-refractivity contribution is -0.140. The summed E-state index contributed by atoms with van der Waals surface area (Å²) in [7, 11) is 1.41. The summed E-state index contributed by atoms with van der Waals surface area (Å²) in [5.74, 6) is -0.236. The third kappa shape index (κ3) is 3.05. The molecule has 4 nitrogen and oxygen atoms in total.